The molecule has 1 N–H and O–H groups in total. The maximum Gasteiger partial charge on any atom is 0.310 e. The molecular formula is C15H13NO4. The summed E-state index contributed by atoms with van der Waals surface area (Å²) in [6, 6.07) is 13.3. The highest BCUT2D eigenvalue weighted by Crippen LogP contribution is 2.26. The number of hydrogen-bond acceptors (Lipinski definition) is 3. The number of nitrogens with zero attached hydrogens (tertiary/aromatic N) is 1. The van der Waals surface area contributed by atoms with E-state index in [1.165, 1.54) is 12.1 Å². The number of aliphatic carboxylic acids is 1. The van der Waals surface area contributed by atoms with Crippen molar-refractivity contribution in [1.82, 2.24) is 0 Å². The molecule has 0 aromatic heterocycles. The van der Waals surface area contributed by atoms with Crippen LogP contribution >= 0.6 is 0 Å². The van der Waals surface area contributed by atoms with Gasteiger partial charge in [0.1, 0.15) is 0 Å². The highest BCUT2D eigenvalue weighted by Gasteiger charge is 2.14. The van der Waals surface area contributed by atoms with Gasteiger partial charge < -0.3 is 5.11 Å². The lowest BCUT2D eigenvalue weighted by atomic mass is 9.96. The van der Waals surface area contributed by atoms with E-state index in [1.807, 2.05) is 0 Å². The first-order chi connectivity index (χ1) is 9.49. The minimum atomic E-state index is -0.902. The Morgan fingerprint density at radius 3 is 2.35 bits per heavy atom. The summed E-state index contributed by atoms with van der Waals surface area (Å²) in [6.07, 6.45) is 0. The van der Waals surface area contributed by atoms with Gasteiger partial charge in [-0.3, -0.25) is 14.9 Å². The third-order valence-electron chi connectivity index (χ3n) is 3.15. The van der Waals surface area contributed by atoms with Gasteiger partial charge >= 0.3 is 5.97 Å². The minimum Gasteiger partial charge on any atom is -0.481 e. The number of hydrogen-bond donors (Lipinski definition) is 1. The molecule has 0 aliphatic heterocycles. The van der Waals surface area contributed by atoms with Crippen LogP contribution in [0.5, 0.6) is 0 Å². The largest absolute Gasteiger partial charge is 0.481 e. The number of nitro groups is 1. The number of benzene rings is 2. The van der Waals surface area contributed by atoms with E-state index in [-0.39, 0.29) is 5.69 Å². The van der Waals surface area contributed by atoms with Gasteiger partial charge in [-0.25, -0.2) is 0 Å². The van der Waals surface area contributed by atoms with Gasteiger partial charge in [-0.05, 0) is 23.6 Å². The van der Waals surface area contributed by atoms with E-state index >= 15 is 0 Å². The van der Waals surface area contributed by atoms with Gasteiger partial charge in [0, 0.05) is 12.1 Å². The average molecular weight is 271 g/mol. The van der Waals surface area contributed by atoms with Crippen molar-refractivity contribution in [2.45, 2.75) is 12.8 Å². The molecule has 0 spiro atoms. The van der Waals surface area contributed by atoms with Crippen molar-refractivity contribution in [3.8, 4) is 11.1 Å². The number of nitro benzene ring substituents is 1. The van der Waals surface area contributed by atoms with Crippen LogP contribution in [-0.2, 0) is 4.79 Å². The second-order valence-corrected chi connectivity index (χ2v) is 4.49. The quantitative estimate of drug-likeness (QED) is 0.682. The minimum absolute atomic E-state index is 0.0131. The summed E-state index contributed by atoms with van der Waals surface area (Å²) in [6.45, 7) is 1.61. The summed E-state index contributed by atoms with van der Waals surface area (Å²) in [5.41, 5.74) is 2.14. The Morgan fingerprint density at radius 2 is 1.75 bits per heavy atom. The Labute approximate surface area is 115 Å². The number of carboxylic acid groups (broad SMARTS) is 1. The molecule has 2 aromatic rings. The molecule has 0 aliphatic carbocycles. The van der Waals surface area contributed by atoms with Gasteiger partial charge in [0.15, 0.2) is 0 Å². The Bertz CT molecular complexity index is 666. The standard InChI is InChI=1S/C15H13NO4/c1-10(15(17)18)11-4-2-5-12(8-11)13-6-3-7-14(9-13)16(19)20/h2-10H,1H3,(H,17,18). The topological polar surface area (TPSA) is 80.4 Å². The van der Waals surface area contributed by atoms with Gasteiger partial charge in [-0.15, -0.1) is 0 Å². The predicted molar refractivity (Wildman–Crippen MR) is 74.6 cm³/mol. The van der Waals surface area contributed by atoms with E-state index in [4.69, 9.17) is 5.11 Å². The van der Waals surface area contributed by atoms with Crippen molar-refractivity contribution >= 4 is 11.7 Å². The van der Waals surface area contributed by atoms with Crippen LogP contribution in [0.2, 0.25) is 0 Å². The zero-order valence-electron chi connectivity index (χ0n) is 10.8. The van der Waals surface area contributed by atoms with Gasteiger partial charge in [0.2, 0.25) is 0 Å². The maximum absolute atomic E-state index is 11.0. The Balaban J connectivity index is 2.43. The molecule has 2 aromatic carbocycles. The molecule has 0 amide bonds. The van der Waals surface area contributed by atoms with E-state index in [2.05, 4.69) is 0 Å². The highest BCUT2D eigenvalue weighted by atomic mass is 16.6. The first-order valence-electron chi connectivity index (χ1n) is 6.06. The van der Waals surface area contributed by atoms with E-state index < -0.39 is 16.8 Å². The van der Waals surface area contributed by atoms with Crippen LogP contribution in [0.4, 0.5) is 5.69 Å². The molecule has 0 heterocycles. The lowest BCUT2D eigenvalue weighted by molar-refractivity contribution is -0.384. The van der Waals surface area contributed by atoms with Crippen LogP contribution in [0.3, 0.4) is 0 Å². The number of carboxylic acids is 1. The molecule has 5 heteroatoms. The Kier molecular flexibility index (Phi) is 3.79. The maximum atomic E-state index is 11.0. The molecule has 0 bridgehead atoms. The number of non-ortho nitro benzene ring substituents is 1. The fourth-order valence-corrected chi connectivity index (χ4v) is 1.93. The molecule has 1 atom stereocenters. The zero-order chi connectivity index (χ0) is 14.7. The summed E-state index contributed by atoms with van der Waals surface area (Å²) in [4.78, 5) is 21.3. The van der Waals surface area contributed by atoms with E-state index in [0.717, 1.165) is 5.56 Å². The molecule has 0 fully saturated rings. The smallest absolute Gasteiger partial charge is 0.310 e. The molecule has 0 saturated carbocycles. The van der Waals surface area contributed by atoms with Gasteiger partial charge in [-0.1, -0.05) is 36.4 Å². The monoisotopic (exact) mass is 271 g/mol. The SMILES string of the molecule is CC(C(=O)O)c1cccc(-c2cccc([N+](=O)[O-])c2)c1. The van der Waals surface area contributed by atoms with Crippen LogP contribution < -0.4 is 0 Å². The molecule has 1 unspecified atom stereocenters. The van der Waals surface area contributed by atoms with Crippen molar-refractivity contribution in [3.63, 3.8) is 0 Å². The third-order valence-corrected chi connectivity index (χ3v) is 3.15. The van der Waals surface area contributed by atoms with Crippen molar-refractivity contribution in [1.29, 1.82) is 0 Å². The molecule has 5 nitrogen and oxygen atoms in total. The summed E-state index contributed by atoms with van der Waals surface area (Å²) in [5.74, 6) is -1.52. The van der Waals surface area contributed by atoms with E-state index in [9.17, 15) is 14.9 Å². The fraction of sp³-hybridized carbons (Fsp3) is 0.133. The molecule has 20 heavy (non-hydrogen) atoms. The fourth-order valence-electron chi connectivity index (χ4n) is 1.93. The number of carbonyl (C=O) groups is 1. The van der Waals surface area contributed by atoms with Crippen LogP contribution in [0.15, 0.2) is 48.5 Å². The van der Waals surface area contributed by atoms with Crippen molar-refractivity contribution < 1.29 is 14.8 Å². The number of rotatable bonds is 4. The lowest BCUT2D eigenvalue weighted by Crippen LogP contribution is -2.07. The average Bonchev–Trinajstić information content (AvgIpc) is 2.46. The molecule has 0 radical (unpaired) electrons. The van der Waals surface area contributed by atoms with Gasteiger partial charge in [-0.2, -0.15) is 0 Å². The van der Waals surface area contributed by atoms with E-state index in [1.54, 1.807) is 43.3 Å². The molecule has 2 rings (SSSR count). The van der Waals surface area contributed by atoms with Gasteiger partial charge in [0.25, 0.3) is 5.69 Å². The van der Waals surface area contributed by atoms with Crippen molar-refractivity contribution in [2.75, 3.05) is 0 Å². The highest BCUT2D eigenvalue weighted by molar-refractivity contribution is 5.77. The molecule has 0 aliphatic rings. The van der Waals surface area contributed by atoms with Crippen LogP contribution in [-0.4, -0.2) is 16.0 Å². The van der Waals surface area contributed by atoms with Crippen LogP contribution in [0.1, 0.15) is 18.4 Å². The normalized spacial score (nSPS) is 11.8. The predicted octanol–water partition coefficient (Wildman–Crippen LogP) is 3.45. The van der Waals surface area contributed by atoms with E-state index in [0.29, 0.717) is 11.1 Å². The second kappa shape index (κ2) is 5.52. The summed E-state index contributed by atoms with van der Waals surface area (Å²) in [5, 5.41) is 19.8. The van der Waals surface area contributed by atoms with Crippen LogP contribution in [0.25, 0.3) is 11.1 Å². The Morgan fingerprint density at radius 1 is 1.15 bits per heavy atom. The molecular weight excluding hydrogens is 258 g/mol. The third kappa shape index (κ3) is 2.83. The molecule has 102 valence electrons. The first kappa shape index (κ1) is 13.7. The summed E-state index contributed by atoms with van der Waals surface area (Å²) >= 11 is 0. The summed E-state index contributed by atoms with van der Waals surface area (Å²) in [7, 11) is 0. The van der Waals surface area contributed by atoms with Gasteiger partial charge in [0.05, 0.1) is 10.8 Å². The van der Waals surface area contributed by atoms with Crippen molar-refractivity contribution in [3.05, 3.63) is 64.2 Å². The summed E-state index contributed by atoms with van der Waals surface area (Å²) < 4.78 is 0. The Hall–Kier alpha value is -2.69. The zero-order valence-corrected chi connectivity index (χ0v) is 10.8. The second-order valence-electron chi connectivity index (χ2n) is 4.49. The first-order valence-corrected chi connectivity index (χ1v) is 6.06. The molecule has 0 saturated heterocycles. The van der Waals surface area contributed by atoms with Crippen molar-refractivity contribution in [2.24, 2.45) is 0 Å². The van der Waals surface area contributed by atoms with Crippen LogP contribution in [0, 0.1) is 10.1 Å². The lowest BCUT2D eigenvalue weighted by Gasteiger charge is -2.09.